The highest BCUT2D eigenvalue weighted by Crippen LogP contribution is 2.19. The highest BCUT2D eigenvalue weighted by Gasteiger charge is 2.28. The van der Waals surface area contributed by atoms with E-state index in [1.807, 2.05) is 0 Å². The van der Waals surface area contributed by atoms with Crippen molar-refractivity contribution < 1.29 is 5.11 Å². The summed E-state index contributed by atoms with van der Waals surface area (Å²) in [5, 5.41) is 13.3. The van der Waals surface area contributed by atoms with Crippen LogP contribution in [0, 0.1) is 0 Å². The third-order valence-electron chi connectivity index (χ3n) is 5.29. The largest absolute Gasteiger partial charge is 0.394 e. The molecule has 3 unspecified atom stereocenters. The summed E-state index contributed by atoms with van der Waals surface area (Å²) in [7, 11) is 2.23. The molecule has 0 radical (unpaired) electrons. The number of hydrogen-bond acceptors (Lipinski definition) is 4. The predicted octanol–water partition coefficient (Wildman–Crippen LogP) is 1.93. The lowest BCUT2D eigenvalue weighted by Crippen LogP contribution is -2.55. The zero-order valence-electron chi connectivity index (χ0n) is 14.9. The summed E-state index contributed by atoms with van der Waals surface area (Å²) in [5.74, 6) is 0. The van der Waals surface area contributed by atoms with Crippen LogP contribution in [0.3, 0.4) is 0 Å². The fraction of sp³-hybridized carbons (Fsp3) is 1.00. The molecule has 1 fully saturated rings. The number of aliphatic hydroxyl groups is 1. The molecule has 1 heterocycles. The van der Waals surface area contributed by atoms with Crippen molar-refractivity contribution in [3.63, 3.8) is 0 Å². The molecule has 0 amide bonds. The first-order valence-corrected chi connectivity index (χ1v) is 8.78. The summed E-state index contributed by atoms with van der Waals surface area (Å²) in [6.45, 7) is 13.7. The first-order valence-electron chi connectivity index (χ1n) is 8.78. The molecule has 3 atom stereocenters. The van der Waals surface area contributed by atoms with Crippen LogP contribution in [0.1, 0.15) is 53.4 Å². The molecular weight excluding hydrogens is 262 g/mol. The topological polar surface area (TPSA) is 38.7 Å². The number of piperazine rings is 1. The third kappa shape index (κ3) is 5.51. The van der Waals surface area contributed by atoms with Gasteiger partial charge in [-0.05, 0) is 59.7 Å². The van der Waals surface area contributed by atoms with Gasteiger partial charge in [-0.2, -0.15) is 0 Å². The maximum atomic E-state index is 9.78. The van der Waals surface area contributed by atoms with Gasteiger partial charge in [-0.15, -0.1) is 0 Å². The van der Waals surface area contributed by atoms with E-state index in [2.05, 4.69) is 49.9 Å². The average Bonchev–Trinajstić information content (AvgIpc) is 2.48. The molecule has 4 nitrogen and oxygen atoms in total. The minimum absolute atomic E-state index is 0.0696. The van der Waals surface area contributed by atoms with E-state index >= 15 is 0 Å². The van der Waals surface area contributed by atoms with Crippen molar-refractivity contribution in [2.24, 2.45) is 0 Å². The van der Waals surface area contributed by atoms with Gasteiger partial charge in [0.05, 0.1) is 6.61 Å². The molecule has 0 spiro atoms. The van der Waals surface area contributed by atoms with Crippen LogP contribution in [-0.4, -0.2) is 72.4 Å². The van der Waals surface area contributed by atoms with Crippen LogP contribution in [0.25, 0.3) is 0 Å². The van der Waals surface area contributed by atoms with Gasteiger partial charge in [-0.3, -0.25) is 4.90 Å². The van der Waals surface area contributed by atoms with Crippen LogP contribution in [0.15, 0.2) is 0 Å². The van der Waals surface area contributed by atoms with Crippen molar-refractivity contribution in [3.05, 3.63) is 0 Å². The van der Waals surface area contributed by atoms with Crippen LogP contribution < -0.4 is 5.32 Å². The van der Waals surface area contributed by atoms with Gasteiger partial charge in [0.1, 0.15) is 0 Å². The maximum Gasteiger partial charge on any atom is 0.0613 e. The van der Waals surface area contributed by atoms with E-state index in [1.54, 1.807) is 0 Å². The highest BCUT2D eigenvalue weighted by atomic mass is 16.3. The van der Waals surface area contributed by atoms with Crippen molar-refractivity contribution in [1.29, 1.82) is 0 Å². The second-order valence-electron chi connectivity index (χ2n) is 6.95. The monoisotopic (exact) mass is 299 g/mol. The molecule has 1 aliphatic heterocycles. The Bertz CT molecular complexity index is 269. The third-order valence-corrected chi connectivity index (χ3v) is 5.29. The van der Waals surface area contributed by atoms with Gasteiger partial charge >= 0.3 is 0 Å². The Morgan fingerprint density at radius 2 is 1.81 bits per heavy atom. The fourth-order valence-corrected chi connectivity index (χ4v) is 3.36. The zero-order valence-corrected chi connectivity index (χ0v) is 14.9. The van der Waals surface area contributed by atoms with E-state index in [-0.39, 0.29) is 12.1 Å². The molecule has 1 aliphatic rings. The van der Waals surface area contributed by atoms with E-state index < -0.39 is 0 Å². The summed E-state index contributed by atoms with van der Waals surface area (Å²) < 4.78 is 0. The lowest BCUT2D eigenvalue weighted by molar-refractivity contribution is 0.0556. The molecule has 1 saturated heterocycles. The number of hydrogen-bond donors (Lipinski definition) is 2. The van der Waals surface area contributed by atoms with Crippen LogP contribution in [-0.2, 0) is 0 Å². The minimum Gasteiger partial charge on any atom is -0.394 e. The Balaban J connectivity index is 2.40. The van der Waals surface area contributed by atoms with Gasteiger partial charge in [0.2, 0.25) is 0 Å². The molecular formula is C17H37N3O. The van der Waals surface area contributed by atoms with E-state index in [0.29, 0.717) is 12.1 Å². The molecule has 0 aromatic rings. The number of aliphatic hydroxyl groups excluding tert-OH is 1. The van der Waals surface area contributed by atoms with E-state index in [4.69, 9.17) is 0 Å². The smallest absolute Gasteiger partial charge is 0.0613 e. The summed E-state index contributed by atoms with van der Waals surface area (Å²) in [6.07, 6.45) is 4.34. The molecule has 4 heteroatoms. The number of rotatable bonds is 9. The summed E-state index contributed by atoms with van der Waals surface area (Å²) >= 11 is 0. The molecule has 0 bridgehead atoms. The molecule has 0 aromatic carbocycles. The normalized spacial score (nSPS) is 27.7. The van der Waals surface area contributed by atoms with Crippen LogP contribution in [0.4, 0.5) is 0 Å². The van der Waals surface area contributed by atoms with Gasteiger partial charge in [0.25, 0.3) is 0 Å². The van der Waals surface area contributed by atoms with E-state index in [9.17, 15) is 5.11 Å². The van der Waals surface area contributed by atoms with Gasteiger partial charge in [0.15, 0.2) is 0 Å². The number of nitrogens with zero attached hydrogens (tertiary/aromatic N) is 2. The summed E-state index contributed by atoms with van der Waals surface area (Å²) in [4.78, 5) is 5.07. The van der Waals surface area contributed by atoms with Gasteiger partial charge < -0.3 is 15.3 Å². The van der Waals surface area contributed by atoms with Crippen LogP contribution in [0.2, 0.25) is 0 Å². The first kappa shape index (κ1) is 18.9. The van der Waals surface area contributed by atoms with E-state index in [0.717, 1.165) is 38.8 Å². The average molecular weight is 300 g/mol. The molecule has 0 saturated carbocycles. The molecule has 0 aliphatic carbocycles. The van der Waals surface area contributed by atoms with Crippen molar-refractivity contribution in [3.8, 4) is 0 Å². The summed E-state index contributed by atoms with van der Waals surface area (Å²) in [5.41, 5.74) is -0.0696. The molecule has 126 valence electrons. The Morgan fingerprint density at radius 3 is 2.29 bits per heavy atom. The lowest BCUT2D eigenvalue weighted by atomic mass is 9.90. The second-order valence-corrected chi connectivity index (χ2v) is 6.95. The van der Waals surface area contributed by atoms with Crippen molar-refractivity contribution in [2.45, 2.75) is 71.0 Å². The Kier molecular flexibility index (Phi) is 8.17. The summed E-state index contributed by atoms with van der Waals surface area (Å²) in [6, 6.07) is 1.28. The zero-order chi connectivity index (χ0) is 15.9. The standard InChI is InChI=1S/C17H37N3O/c1-6-10-18-17(7-2,14-21)9-8-11-20-12-15(3)19(5)16(4)13-20/h15-16,18,21H,6-14H2,1-5H3. The SMILES string of the molecule is CCCNC(CC)(CO)CCCN1CC(C)N(C)C(C)C1. The van der Waals surface area contributed by atoms with Gasteiger partial charge in [-0.1, -0.05) is 13.8 Å². The lowest BCUT2D eigenvalue weighted by Gasteiger charge is -2.43. The fourth-order valence-electron chi connectivity index (χ4n) is 3.36. The minimum atomic E-state index is -0.0696. The quantitative estimate of drug-likeness (QED) is 0.682. The number of nitrogens with one attached hydrogen (secondary N) is 1. The van der Waals surface area contributed by atoms with Crippen molar-refractivity contribution >= 4 is 0 Å². The maximum absolute atomic E-state index is 9.78. The Labute approximate surface area is 131 Å². The molecule has 2 N–H and O–H groups in total. The van der Waals surface area contributed by atoms with Crippen LogP contribution in [0.5, 0.6) is 0 Å². The highest BCUT2D eigenvalue weighted by molar-refractivity contribution is 4.87. The Hall–Kier alpha value is -0.160. The second kappa shape index (κ2) is 9.09. The molecule has 21 heavy (non-hydrogen) atoms. The van der Waals surface area contributed by atoms with Gasteiger partial charge in [-0.25, -0.2) is 0 Å². The molecule has 1 rings (SSSR count). The van der Waals surface area contributed by atoms with Gasteiger partial charge in [0, 0.05) is 30.7 Å². The van der Waals surface area contributed by atoms with Crippen molar-refractivity contribution in [2.75, 3.05) is 39.8 Å². The Morgan fingerprint density at radius 1 is 1.19 bits per heavy atom. The first-order chi connectivity index (χ1) is 9.98. The molecule has 0 aromatic heterocycles. The number of likely N-dealkylation sites (N-methyl/N-ethyl adjacent to an activating group) is 1. The van der Waals surface area contributed by atoms with E-state index in [1.165, 1.54) is 13.1 Å². The van der Waals surface area contributed by atoms with Crippen molar-refractivity contribution in [1.82, 2.24) is 15.1 Å². The predicted molar refractivity (Wildman–Crippen MR) is 90.8 cm³/mol. The van der Waals surface area contributed by atoms with Crippen LogP contribution >= 0.6 is 0 Å².